The van der Waals surface area contributed by atoms with Crippen molar-refractivity contribution >= 4 is 5.97 Å². The molecule has 0 aliphatic carbocycles. The average Bonchev–Trinajstić information content (AvgIpc) is 3.19. The Morgan fingerprint density at radius 1 is 1.27 bits per heavy atom. The number of hydrogen-bond acceptors (Lipinski definition) is 9. The van der Waals surface area contributed by atoms with Crippen molar-refractivity contribution in [2.24, 2.45) is 0 Å². The molecule has 2 aliphatic rings. The molecule has 2 fully saturated rings. The topological polar surface area (TPSA) is 121 Å². The summed E-state index contributed by atoms with van der Waals surface area (Å²) in [7, 11) is 1.58. The molecule has 10 nitrogen and oxygen atoms in total. The van der Waals surface area contributed by atoms with Crippen molar-refractivity contribution in [3.05, 3.63) is 46.3 Å². The fraction of sp³-hybridized carbons (Fsp3) is 0.550. The van der Waals surface area contributed by atoms with E-state index in [0.29, 0.717) is 5.75 Å². The molecular weight excluding hydrogens is 396 g/mol. The van der Waals surface area contributed by atoms with Gasteiger partial charge in [0.1, 0.15) is 18.0 Å². The predicted molar refractivity (Wildman–Crippen MR) is 102 cm³/mol. The molecule has 2 heterocycles. The third kappa shape index (κ3) is 4.55. The predicted octanol–water partition coefficient (Wildman–Crippen LogP) is 2.64. The van der Waals surface area contributed by atoms with E-state index in [1.165, 1.54) is 0 Å². The highest BCUT2D eigenvalue weighted by molar-refractivity contribution is 5.90. The largest absolute Gasteiger partial charge is 0.508 e. The Labute approximate surface area is 173 Å². The minimum absolute atomic E-state index is 0.0414. The summed E-state index contributed by atoms with van der Waals surface area (Å²) in [6, 6.07) is 7.26. The first-order valence-corrected chi connectivity index (χ1v) is 9.50. The zero-order valence-corrected chi connectivity index (χ0v) is 17.2. The maximum atomic E-state index is 12.0. The number of hydrogen-bond donors (Lipinski definition) is 1. The highest BCUT2D eigenvalue weighted by atomic mass is 16.8. The van der Waals surface area contributed by atoms with Crippen molar-refractivity contribution < 1.29 is 38.3 Å². The van der Waals surface area contributed by atoms with E-state index < -0.39 is 47.8 Å². The zero-order valence-electron chi connectivity index (χ0n) is 17.2. The van der Waals surface area contributed by atoms with Gasteiger partial charge in [-0.3, -0.25) is 0 Å². The molecule has 0 radical (unpaired) electrons. The van der Waals surface area contributed by atoms with Crippen LogP contribution in [0.4, 0.5) is 0 Å². The Hall–Kier alpha value is -2.71. The number of rotatable bonds is 7. The van der Waals surface area contributed by atoms with Crippen LogP contribution in [-0.4, -0.2) is 55.2 Å². The number of diazo groups is 1. The van der Waals surface area contributed by atoms with Crippen molar-refractivity contribution in [1.82, 2.24) is 0 Å². The van der Waals surface area contributed by atoms with Crippen LogP contribution >= 0.6 is 0 Å². The lowest BCUT2D eigenvalue weighted by molar-refractivity contribution is -0.217. The molecule has 162 valence electrons. The molecular formula is C20H25N2O8+. The molecule has 10 heteroatoms. The van der Waals surface area contributed by atoms with Gasteiger partial charge in [0, 0.05) is 0 Å². The van der Waals surface area contributed by atoms with Crippen LogP contribution < -0.4 is 4.74 Å². The van der Waals surface area contributed by atoms with Crippen LogP contribution in [0, 0.1) is 5.39 Å². The van der Waals surface area contributed by atoms with Gasteiger partial charge in [-0.1, -0.05) is 12.1 Å². The third-order valence-electron chi connectivity index (χ3n) is 4.67. The summed E-state index contributed by atoms with van der Waals surface area (Å²) < 4.78 is 33.3. The Bertz CT molecular complexity index is 845. The minimum atomic E-state index is -1.16. The number of nitrogens with zero attached hydrogens (tertiary/aromatic N) is 2. The van der Waals surface area contributed by atoms with E-state index >= 15 is 0 Å². The molecule has 2 saturated heterocycles. The molecule has 0 saturated carbocycles. The van der Waals surface area contributed by atoms with Crippen LogP contribution in [0.2, 0.25) is 0 Å². The molecule has 30 heavy (non-hydrogen) atoms. The van der Waals surface area contributed by atoms with Crippen LogP contribution in [0.25, 0.3) is 4.98 Å². The van der Waals surface area contributed by atoms with Gasteiger partial charge in [-0.05, 0) is 38.5 Å². The van der Waals surface area contributed by atoms with Crippen LogP contribution in [0.15, 0.2) is 35.7 Å². The summed E-state index contributed by atoms with van der Waals surface area (Å²) in [6.45, 7) is 5.25. The Morgan fingerprint density at radius 3 is 2.57 bits per heavy atom. The number of carbonyl (C=O) groups excluding carboxylic acids is 1. The third-order valence-corrected chi connectivity index (χ3v) is 4.67. The summed E-state index contributed by atoms with van der Waals surface area (Å²) >= 11 is 0. The number of benzene rings is 1. The molecule has 0 unspecified atom stereocenters. The molecule has 1 N–H and O–H groups in total. The SMILES string of the molecule is CCOC(=O)/C([N+]#N)=C(\O)[C@H]1O[C@@H]2OC(C)(C)O[C@@H]2[C@H]1OCc1ccc(OC)cc1. The Morgan fingerprint density at radius 2 is 1.97 bits per heavy atom. The Balaban J connectivity index is 1.84. The average molecular weight is 421 g/mol. The van der Waals surface area contributed by atoms with Gasteiger partial charge in [0.2, 0.25) is 11.2 Å². The van der Waals surface area contributed by atoms with Gasteiger partial charge in [-0.15, -0.1) is 0 Å². The zero-order chi connectivity index (χ0) is 21.9. The smallest absolute Gasteiger partial charge is 0.503 e. The van der Waals surface area contributed by atoms with Gasteiger partial charge < -0.3 is 33.5 Å². The summed E-state index contributed by atoms with van der Waals surface area (Å²) in [6.07, 6.45) is -3.52. The number of carbonyl (C=O) groups is 1. The van der Waals surface area contributed by atoms with Crippen molar-refractivity contribution in [3.8, 4) is 5.75 Å². The van der Waals surface area contributed by atoms with Gasteiger partial charge in [0.25, 0.3) is 0 Å². The summed E-state index contributed by atoms with van der Waals surface area (Å²) in [4.78, 5) is 14.9. The van der Waals surface area contributed by atoms with E-state index in [0.717, 1.165) is 5.56 Å². The van der Waals surface area contributed by atoms with Crippen LogP contribution in [0.5, 0.6) is 5.75 Å². The van der Waals surface area contributed by atoms with Crippen LogP contribution in [0.3, 0.4) is 0 Å². The molecule has 2 aliphatic heterocycles. The monoisotopic (exact) mass is 421 g/mol. The standard InChI is InChI=1S/C20H24N2O8/c1-5-26-18(24)13(22-21)14(23)15-16(17-19(28-15)30-20(2,3)29-17)27-10-11-6-8-12(25-4)9-7-11/h6-9,15-17,19H,5,10H2,1-4H3/p+1/t15-,16+,17-,19-/m1/s1. The van der Waals surface area contributed by atoms with Gasteiger partial charge in [0.15, 0.2) is 23.2 Å². The number of fused-ring (bicyclic) bond motifs is 1. The second-order valence-electron chi connectivity index (χ2n) is 7.20. The van der Waals surface area contributed by atoms with E-state index in [-0.39, 0.29) is 13.2 Å². The van der Waals surface area contributed by atoms with E-state index in [1.807, 2.05) is 12.1 Å². The van der Waals surface area contributed by atoms with Gasteiger partial charge >= 0.3 is 11.7 Å². The second-order valence-corrected chi connectivity index (χ2v) is 7.20. The first-order chi connectivity index (χ1) is 14.3. The normalized spacial score (nSPS) is 27.7. The molecule has 1 aromatic carbocycles. The van der Waals surface area contributed by atoms with Crippen LogP contribution in [0.1, 0.15) is 26.3 Å². The van der Waals surface area contributed by atoms with Gasteiger partial charge in [0.05, 0.1) is 20.3 Å². The van der Waals surface area contributed by atoms with E-state index in [9.17, 15) is 15.3 Å². The summed E-state index contributed by atoms with van der Waals surface area (Å²) in [5, 5.41) is 19.8. The quantitative estimate of drug-likeness (QED) is 0.306. The Kier molecular flexibility index (Phi) is 6.58. The fourth-order valence-electron chi connectivity index (χ4n) is 3.33. The number of methoxy groups -OCH3 is 1. The molecule has 1 aromatic rings. The van der Waals surface area contributed by atoms with E-state index in [4.69, 9.17) is 28.4 Å². The van der Waals surface area contributed by atoms with Crippen molar-refractivity contribution in [3.63, 3.8) is 0 Å². The lowest BCUT2D eigenvalue weighted by atomic mass is 10.1. The van der Waals surface area contributed by atoms with Crippen LogP contribution in [-0.2, 0) is 35.1 Å². The maximum Gasteiger partial charge on any atom is 0.508 e. The van der Waals surface area contributed by atoms with Gasteiger partial charge in [-0.2, -0.15) is 0 Å². The lowest BCUT2D eigenvalue weighted by Gasteiger charge is -2.25. The van der Waals surface area contributed by atoms with E-state index in [2.05, 4.69) is 4.98 Å². The fourth-order valence-corrected chi connectivity index (χ4v) is 3.33. The molecule has 0 spiro atoms. The second kappa shape index (κ2) is 8.97. The molecule has 0 amide bonds. The number of ether oxygens (including phenoxy) is 6. The molecule has 4 atom stereocenters. The summed E-state index contributed by atoms with van der Waals surface area (Å²) in [5.41, 5.74) is 0.177. The first kappa shape index (κ1) is 22.0. The van der Waals surface area contributed by atoms with Crippen molar-refractivity contribution in [1.29, 1.82) is 5.39 Å². The molecule has 0 aromatic heterocycles. The van der Waals surface area contributed by atoms with Gasteiger partial charge in [-0.25, -0.2) is 4.79 Å². The lowest BCUT2D eigenvalue weighted by Crippen LogP contribution is -2.38. The first-order valence-electron chi connectivity index (χ1n) is 9.50. The highest BCUT2D eigenvalue weighted by Crippen LogP contribution is 2.41. The van der Waals surface area contributed by atoms with Crippen molar-refractivity contribution in [2.45, 2.75) is 57.8 Å². The maximum absolute atomic E-state index is 12.0. The molecule has 3 rings (SSSR count). The van der Waals surface area contributed by atoms with E-state index in [1.54, 1.807) is 40.0 Å². The highest BCUT2D eigenvalue weighted by Gasteiger charge is 2.58. The minimum Gasteiger partial charge on any atom is -0.503 e. The molecule has 0 bridgehead atoms. The van der Waals surface area contributed by atoms with Crippen molar-refractivity contribution in [2.75, 3.05) is 13.7 Å². The number of aliphatic hydroxyl groups excluding tert-OH is 1. The summed E-state index contributed by atoms with van der Waals surface area (Å²) in [5.74, 6) is -1.82. The number of aliphatic hydroxyl groups is 1. The number of esters is 1.